The van der Waals surface area contributed by atoms with Crippen LogP contribution in [0.2, 0.25) is 0 Å². The van der Waals surface area contributed by atoms with Crippen molar-refractivity contribution in [3.8, 4) is 28.4 Å². The summed E-state index contributed by atoms with van der Waals surface area (Å²) < 4.78 is 12.0. The van der Waals surface area contributed by atoms with Gasteiger partial charge in [-0.2, -0.15) is 0 Å². The molecular weight excluding hydrogens is 450 g/mol. The van der Waals surface area contributed by atoms with Crippen LogP contribution >= 0.6 is 0 Å². The molecule has 0 radical (unpaired) electrons. The fraction of sp³-hybridized carbons (Fsp3) is 0.258. The highest BCUT2D eigenvalue weighted by molar-refractivity contribution is 6.05. The minimum Gasteiger partial charge on any atom is -0.507 e. The number of aromatic hydroxyl groups is 1. The van der Waals surface area contributed by atoms with Gasteiger partial charge in [0.15, 0.2) is 0 Å². The van der Waals surface area contributed by atoms with Gasteiger partial charge in [0, 0.05) is 11.6 Å². The summed E-state index contributed by atoms with van der Waals surface area (Å²) >= 11 is 0. The molecule has 0 bridgehead atoms. The highest BCUT2D eigenvalue weighted by Gasteiger charge is 2.33. The van der Waals surface area contributed by atoms with E-state index in [1.165, 1.54) is 5.56 Å². The summed E-state index contributed by atoms with van der Waals surface area (Å²) in [4.78, 5) is 13.9. The zero-order chi connectivity index (χ0) is 25.4. The van der Waals surface area contributed by atoms with E-state index in [1.807, 2.05) is 59.5 Å². The summed E-state index contributed by atoms with van der Waals surface area (Å²) in [7, 11) is 1.62. The average molecular weight is 482 g/mol. The van der Waals surface area contributed by atoms with Crippen molar-refractivity contribution < 1.29 is 19.4 Å². The van der Waals surface area contributed by atoms with E-state index in [9.17, 15) is 9.90 Å². The number of phenolic OH excluding ortho intramolecular Hbond substituents is 1. The SMILES string of the molecule is COc1cc(C)c(-c2ccc(OCc3ccccc3)c3c2CC(C)N(C=O)C3C)c2cccc(O)c12. The second-order valence-electron chi connectivity index (χ2n) is 9.53. The van der Waals surface area contributed by atoms with Crippen LogP contribution in [0.15, 0.2) is 66.7 Å². The van der Waals surface area contributed by atoms with Crippen molar-refractivity contribution >= 4 is 17.2 Å². The average Bonchev–Trinajstić information content (AvgIpc) is 2.88. The third kappa shape index (κ3) is 3.95. The Morgan fingerprint density at radius 2 is 1.81 bits per heavy atom. The zero-order valence-corrected chi connectivity index (χ0v) is 21.1. The second kappa shape index (κ2) is 9.57. The quantitative estimate of drug-likeness (QED) is 0.316. The molecule has 0 aromatic heterocycles. The largest absolute Gasteiger partial charge is 0.507 e. The molecule has 1 amide bonds. The van der Waals surface area contributed by atoms with Crippen LogP contribution in [-0.2, 0) is 17.8 Å². The lowest BCUT2D eigenvalue weighted by Gasteiger charge is -2.39. The van der Waals surface area contributed by atoms with Gasteiger partial charge in [0.1, 0.15) is 23.9 Å². The van der Waals surface area contributed by atoms with Crippen LogP contribution in [0, 0.1) is 6.92 Å². The minimum absolute atomic E-state index is 0.0475. The molecule has 0 fully saturated rings. The molecule has 4 aromatic carbocycles. The Kier molecular flexibility index (Phi) is 6.31. The third-order valence-corrected chi connectivity index (χ3v) is 7.34. The highest BCUT2D eigenvalue weighted by atomic mass is 16.5. The lowest BCUT2D eigenvalue weighted by molar-refractivity contribution is -0.122. The fourth-order valence-electron chi connectivity index (χ4n) is 5.62. The molecule has 0 saturated carbocycles. The van der Waals surface area contributed by atoms with Crippen molar-refractivity contribution in [2.45, 2.75) is 45.9 Å². The van der Waals surface area contributed by atoms with Gasteiger partial charge in [-0.1, -0.05) is 48.5 Å². The lowest BCUT2D eigenvalue weighted by atomic mass is 9.81. The summed E-state index contributed by atoms with van der Waals surface area (Å²) in [5, 5.41) is 12.3. The van der Waals surface area contributed by atoms with E-state index >= 15 is 0 Å². The maximum absolute atomic E-state index is 12.0. The molecule has 1 N–H and O–H groups in total. The van der Waals surface area contributed by atoms with E-state index in [0.29, 0.717) is 24.2 Å². The Labute approximate surface area is 211 Å². The molecule has 0 saturated heterocycles. The van der Waals surface area contributed by atoms with Crippen molar-refractivity contribution in [2.75, 3.05) is 7.11 Å². The van der Waals surface area contributed by atoms with Crippen LogP contribution in [-0.4, -0.2) is 29.6 Å². The van der Waals surface area contributed by atoms with Crippen molar-refractivity contribution in [1.29, 1.82) is 0 Å². The van der Waals surface area contributed by atoms with Crippen LogP contribution in [0.3, 0.4) is 0 Å². The van der Waals surface area contributed by atoms with E-state index in [4.69, 9.17) is 9.47 Å². The Bertz CT molecular complexity index is 1430. The third-order valence-electron chi connectivity index (χ3n) is 7.34. The van der Waals surface area contributed by atoms with E-state index in [2.05, 4.69) is 26.8 Å². The summed E-state index contributed by atoms with van der Waals surface area (Å²) in [5.41, 5.74) is 6.52. The molecule has 1 aliphatic rings. The second-order valence-corrected chi connectivity index (χ2v) is 9.53. The van der Waals surface area contributed by atoms with Crippen molar-refractivity contribution in [3.05, 3.63) is 89.0 Å². The molecule has 1 aliphatic heterocycles. The predicted molar refractivity (Wildman–Crippen MR) is 143 cm³/mol. The van der Waals surface area contributed by atoms with Gasteiger partial charge in [-0.3, -0.25) is 4.79 Å². The summed E-state index contributed by atoms with van der Waals surface area (Å²) in [6.07, 6.45) is 1.65. The van der Waals surface area contributed by atoms with Gasteiger partial charge in [-0.05, 0) is 78.6 Å². The molecule has 184 valence electrons. The Morgan fingerprint density at radius 3 is 2.53 bits per heavy atom. The molecule has 5 nitrogen and oxygen atoms in total. The van der Waals surface area contributed by atoms with Crippen molar-refractivity contribution in [3.63, 3.8) is 0 Å². The molecule has 5 heteroatoms. The summed E-state index contributed by atoms with van der Waals surface area (Å²) in [5.74, 6) is 1.63. The Hall–Kier alpha value is -3.99. The number of benzene rings is 4. The number of nitrogens with zero attached hydrogens (tertiary/aromatic N) is 1. The van der Waals surface area contributed by atoms with Gasteiger partial charge >= 0.3 is 0 Å². The highest BCUT2D eigenvalue weighted by Crippen LogP contribution is 2.47. The number of hydrogen-bond donors (Lipinski definition) is 1. The number of carbonyl (C=O) groups excluding carboxylic acids is 1. The van der Waals surface area contributed by atoms with Gasteiger partial charge in [0.2, 0.25) is 6.41 Å². The number of phenols is 1. The van der Waals surface area contributed by atoms with Crippen LogP contribution in [0.25, 0.3) is 21.9 Å². The molecule has 0 spiro atoms. The first-order chi connectivity index (χ1) is 17.4. The Balaban J connectivity index is 1.72. The number of ether oxygens (including phenoxy) is 2. The fourth-order valence-corrected chi connectivity index (χ4v) is 5.62. The maximum atomic E-state index is 12.0. The Morgan fingerprint density at radius 1 is 1.03 bits per heavy atom. The molecule has 4 aromatic rings. The van der Waals surface area contributed by atoms with Crippen molar-refractivity contribution in [1.82, 2.24) is 4.90 Å². The number of methoxy groups -OCH3 is 1. The van der Waals surface area contributed by atoms with E-state index in [-0.39, 0.29) is 17.8 Å². The number of hydrogen-bond acceptors (Lipinski definition) is 4. The lowest BCUT2D eigenvalue weighted by Crippen LogP contribution is -2.40. The standard InChI is InChI=1S/C31H31NO4/c1-19-15-28(35-4)31-24(11-8-12-26(31)34)29(19)23-13-14-27(36-17-22-9-6-5-7-10-22)30-21(3)32(18-33)20(2)16-25(23)30/h5-15,18,20-21,34H,16-17H2,1-4H3. The minimum atomic E-state index is -0.134. The molecule has 0 aliphatic carbocycles. The molecular formula is C31H31NO4. The smallest absolute Gasteiger partial charge is 0.210 e. The predicted octanol–water partition coefficient (Wildman–Crippen LogP) is 6.57. The molecule has 2 unspecified atom stereocenters. The number of carbonyl (C=O) groups is 1. The first-order valence-corrected chi connectivity index (χ1v) is 12.3. The summed E-state index contributed by atoms with van der Waals surface area (Å²) in [6, 6.07) is 21.7. The maximum Gasteiger partial charge on any atom is 0.210 e. The zero-order valence-electron chi connectivity index (χ0n) is 21.1. The van der Waals surface area contributed by atoms with Crippen LogP contribution in [0.1, 0.15) is 42.1 Å². The summed E-state index contributed by atoms with van der Waals surface area (Å²) in [6.45, 7) is 6.67. The monoisotopic (exact) mass is 481 g/mol. The van der Waals surface area contributed by atoms with Gasteiger partial charge in [0.05, 0.1) is 18.5 Å². The normalized spacial score (nSPS) is 17.1. The molecule has 1 heterocycles. The van der Waals surface area contributed by atoms with Gasteiger partial charge in [0.25, 0.3) is 0 Å². The van der Waals surface area contributed by atoms with Gasteiger partial charge in [-0.15, -0.1) is 0 Å². The van der Waals surface area contributed by atoms with E-state index in [0.717, 1.165) is 45.4 Å². The van der Waals surface area contributed by atoms with E-state index in [1.54, 1.807) is 13.2 Å². The number of rotatable bonds is 6. The topological polar surface area (TPSA) is 59.0 Å². The van der Waals surface area contributed by atoms with Crippen LogP contribution < -0.4 is 9.47 Å². The van der Waals surface area contributed by atoms with Crippen LogP contribution in [0.4, 0.5) is 0 Å². The molecule has 36 heavy (non-hydrogen) atoms. The van der Waals surface area contributed by atoms with Gasteiger partial charge in [-0.25, -0.2) is 0 Å². The number of fused-ring (bicyclic) bond motifs is 2. The van der Waals surface area contributed by atoms with Gasteiger partial charge < -0.3 is 19.5 Å². The molecule has 2 atom stereocenters. The van der Waals surface area contributed by atoms with Crippen LogP contribution in [0.5, 0.6) is 17.2 Å². The first-order valence-electron chi connectivity index (χ1n) is 12.3. The van der Waals surface area contributed by atoms with E-state index < -0.39 is 0 Å². The first kappa shape index (κ1) is 23.7. The molecule has 5 rings (SSSR count). The number of amides is 1. The van der Waals surface area contributed by atoms with Crippen molar-refractivity contribution in [2.24, 2.45) is 0 Å². The number of aryl methyl sites for hydroxylation is 1.